The Hall–Kier alpha value is -2.38. The highest BCUT2D eigenvalue weighted by Crippen LogP contribution is 2.20. The molecule has 2 aromatic carbocycles. The van der Waals surface area contributed by atoms with Crippen LogP contribution in [0.2, 0.25) is 0 Å². The SMILES string of the molecule is COc1ccc(S(=O)(=O)NCC(=O)N(C)c2ccccc2)c(C)c1. The van der Waals surface area contributed by atoms with Crippen molar-refractivity contribution in [2.24, 2.45) is 0 Å². The summed E-state index contributed by atoms with van der Waals surface area (Å²) in [4.78, 5) is 13.7. The Kier molecular flexibility index (Phi) is 5.58. The molecule has 0 aliphatic rings. The number of carbonyl (C=O) groups excluding carboxylic acids is 1. The number of methoxy groups -OCH3 is 1. The molecule has 0 aliphatic carbocycles. The molecule has 1 amide bonds. The minimum atomic E-state index is -3.78. The first-order valence-electron chi connectivity index (χ1n) is 7.31. The lowest BCUT2D eigenvalue weighted by molar-refractivity contribution is -0.117. The Balaban J connectivity index is 2.09. The zero-order chi connectivity index (χ0) is 17.7. The first-order valence-corrected chi connectivity index (χ1v) is 8.79. The molecule has 2 rings (SSSR count). The van der Waals surface area contributed by atoms with E-state index in [0.717, 1.165) is 0 Å². The average molecular weight is 348 g/mol. The first-order chi connectivity index (χ1) is 11.3. The van der Waals surface area contributed by atoms with Crippen LogP contribution in [0.1, 0.15) is 5.56 Å². The van der Waals surface area contributed by atoms with E-state index in [9.17, 15) is 13.2 Å². The standard InChI is InChI=1S/C17H20N2O4S/c1-13-11-15(23-3)9-10-16(13)24(21,22)18-12-17(20)19(2)14-7-5-4-6-8-14/h4-11,18H,12H2,1-3H3. The number of sulfonamides is 1. The Morgan fingerprint density at radius 1 is 1.17 bits per heavy atom. The molecule has 0 aromatic heterocycles. The molecule has 0 saturated heterocycles. The topological polar surface area (TPSA) is 75.7 Å². The zero-order valence-corrected chi connectivity index (χ0v) is 14.6. The predicted octanol–water partition coefficient (Wildman–Crippen LogP) is 1.94. The van der Waals surface area contributed by atoms with Gasteiger partial charge < -0.3 is 9.64 Å². The van der Waals surface area contributed by atoms with Gasteiger partial charge in [-0.15, -0.1) is 0 Å². The van der Waals surface area contributed by atoms with Crippen molar-refractivity contribution in [1.82, 2.24) is 4.72 Å². The number of carbonyl (C=O) groups is 1. The van der Waals surface area contributed by atoms with E-state index in [2.05, 4.69) is 4.72 Å². The van der Waals surface area contributed by atoms with Gasteiger partial charge in [-0.1, -0.05) is 18.2 Å². The second kappa shape index (κ2) is 7.46. The molecule has 6 nitrogen and oxygen atoms in total. The van der Waals surface area contributed by atoms with Crippen LogP contribution in [0.5, 0.6) is 5.75 Å². The molecule has 7 heteroatoms. The maximum atomic E-state index is 12.4. The number of nitrogens with one attached hydrogen (secondary N) is 1. The van der Waals surface area contributed by atoms with Gasteiger partial charge >= 0.3 is 0 Å². The monoisotopic (exact) mass is 348 g/mol. The molecule has 0 unspecified atom stereocenters. The second-order valence-corrected chi connectivity index (χ2v) is 6.98. The van der Waals surface area contributed by atoms with Crippen molar-refractivity contribution in [3.63, 3.8) is 0 Å². The lowest BCUT2D eigenvalue weighted by Crippen LogP contribution is -2.38. The number of benzene rings is 2. The highest BCUT2D eigenvalue weighted by molar-refractivity contribution is 7.89. The van der Waals surface area contributed by atoms with E-state index in [1.165, 1.54) is 18.1 Å². The van der Waals surface area contributed by atoms with E-state index in [-0.39, 0.29) is 17.3 Å². The number of anilines is 1. The number of nitrogens with zero attached hydrogens (tertiary/aromatic N) is 1. The quantitative estimate of drug-likeness (QED) is 0.866. The van der Waals surface area contributed by atoms with Crippen molar-refractivity contribution in [3.8, 4) is 5.75 Å². The highest BCUT2D eigenvalue weighted by Gasteiger charge is 2.20. The van der Waals surface area contributed by atoms with Crippen LogP contribution < -0.4 is 14.4 Å². The summed E-state index contributed by atoms with van der Waals surface area (Å²) in [6.45, 7) is 1.36. The summed E-state index contributed by atoms with van der Waals surface area (Å²) >= 11 is 0. The number of ether oxygens (including phenoxy) is 1. The third-order valence-corrected chi connectivity index (χ3v) is 5.16. The van der Waals surface area contributed by atoms with E-state index in [1.807, 2.05) is 18.2 Å². The Morgan fingerprint density at radius 2 is 1.83 bits per heavy atom. The van der Waals surface area contributed by atoms with Crippen molar-refractivity contribution in [2.45, 2.75) is 11.8 Å². The van der Waals surface area contributed by atoms with Gasteiger partial charge in [0.2, 0.25) is 15.9 Å². The second-order valence-electron chi connectivity index (χ2n) is 5.24. The van der Waals surface area contributed by atoms with Crippen LogP contribution in [0, 0.1) is 6.92 Å². The number of rotatable bonds is 6. The van der Waals surface area contributed by atoms with Crippen molar-refractivity contribution < 1.29 is 17.9 Å². The van der Waals surface area contributed by atoms with Gasteiger partial charge in [0.15, 0.2) is 0 Å². The van der Waals surface area contributed by atoms with Crippen molar-refractivity contribution >= 4 is 21.6 Å². The van der Waals surface area contributed by atoms with Gasteiger partial charge in [0.05, 0.1) is 18.6 Å². The number of likely N-dealkylation sites (N-methyl/N-ethyl adjacent to an activating group) is 1. The van der Waals surface area contributed by atoms with Crippen LogP contribution >= 0.6 is 0 Å². The average Bonchev–Trinajstić information content (AvgIpc) is 2.59. The van der Waals surface area contributed by atoms with Crippen LogP contribution in [0.25, 0.3) is 0 Å². The van der Waals surface area contributed by atoms with Crippen molar-refractivity contribution in [2.75, 3.05) is 25.6 Å². The molecule has 2 aromatic rings. The third kappa shape index (κ3) is 4.12. The van der Waals surface area contributed by atoms with Gasteiger partial charge in [-0.2, -0.15) is 0 Å². The van der Waals surface area contributed by atoms with Gasteiger partial charge in [0.25, 0.3) is 0 Å². The summed E-state index contributed by atoms with van der Waals surface area (Å²) in [7, 11) is -0.665. The minimum Gasteiger partial charge on any atom is -0.497 e. The summed E-state index contributed by atoms with van der Waals surface area (Å²) in [5.74, 6) is 0.224. The molecule has 0 aliphatic heterocycles. The molecular formula is C17H20N2O4S. The highest BCUT2D eigenvalue weighted by atomic mass is 32.2. The normalized spacial score (nSPS) is 11.1. The van der Waals surface area contributed by atoms with Gasteiger partial charge in [-0.05, 0) is 42.8 Å². The first kappa shape index (κ1) is 18.0. The summed E-state index contributed by atoms with van der Waals surface area (Å²) in [5.41, 5.74) is 1.24. The van der Waals surface area contributed by atoms with E-state index in [0.29, 0.717) is 17.0 Å². The third-order valence-electron chi connectivity index (χ3n) is 3.60. The maximum Gasteiger partial charge on any atom is 0.241 e. The van der Waals surface area contributed by atoms with Crippen molar-refractivity contribution in [3.05, 3.63) is 54.1 Å². The summed E-state index contributed by atoms with van der Waals surface area (Å²) < 4.78 is 32.2. The molecule has 0 radical (unpaired) electrons. The molecular weight excluding hydrogens is 328 g/mol. The molecule has 0 atom stereocenters. The number of para-hydroxylation sites is 1. The minimum absolute atomic E-state index is 0.124. The van der Waals surface area contributed by atoms with E-state index in [4.69, 9.17) is 4.74 Å². The fourth-order valence-corrected chi connectivity index (χ4v) is 3.40. The zero-order valence-electron chi connectivity index (χ0n) is 13.8. The van der Waals surface area contributed by atoms with Gasteiger partial charge in [0, 0.05) is 12.7 Å². The van der Waals surface area contributed by atoms with Crippen LogP contribution in [-0.4, -0.2) is 35.0 Å². The molecule has 24 heavy (non-hydrogen) atoms. The maximum absolute atomic E-state index is 12.4. The molecule has 1 N–H and O–H groups in total. The van der Waals surface area contributed by atoms with E-state index >= 15 is 0 Å². The number of amides is 1. The summed E-state index contributed by atoms with van der Waals surface area (Å²) in [5, 5.41) is 0. The number of aryl methyl sites for hydroxylation is 1. The van der Waals surface area contributed by atoms with Gasteiger partial charge in [-0.3, -0.25) is 4.79 Å². The smallest absolute Gasteiger partial charge is 0.241 e. The van der Waals surface area contributed by atoms with Crippen LogP contribution in [0.3, 0.4) is 0 Å². The lowest BCUT2D eigenvalue weighted by Gasteiger charge is -2.18. The molecule has 0 spiro atoms. The van der Waals surface area contributed by atoms with Crippen LogP contribution in [-0.2, 0) is 14.8 Å². The Labute approximate surface area is 142 Å². The Bertz CT molecular complexity index is 820. The fraction of sp³-hybridized carbons (Fsp3) is 0.235. The lowest BCUT2D eigenvalue weighted by atomic mass is 10.2. The molecule has 128 valence electrons. The van der Waals surface area contributed by atoms with E-state index in [1.54, 1.807) is 38.2 Å². The Morgan fingerprint density at radius 3 is 2.42 bits per heavy atom. The summed E-state index contributed by atoms with van der Waals surface area (Å²) in [6.07, 6.45) is 0. The van der Waals surface area contributed by atoms with Crippen LogP contribution in [0.15, 0.2) is 53.4 Å². The molecule has 0 bridgehead atoms. The number of hydrogen-bond donors (Lipinski definition) is 1. The number of hydrogen-bond acceptors (Lipinski definition) is 4. The molecule has 0 saturated carbocycles. The van der Waals surface area contributed by atoms with Gasteiger partial charge in [0.1, 0.15) is 5.75 Å². The molecule has 0 fully saturated rings. The van der Waals surface area contributed by atoms with Gasteiger partial charge in [-0.25, -0.2) is 13.1 Å². The predicted molar refractivity (Wildman–Crippen MR) is 92.8 cm³/mol. The van der Waals surface area contributed by atoms with Crippen molar-refractivity contribution in [1.29, 1.82) is 0 Å². The largest absolute Gasteiger partial charge is 0.497 e. The van der Waals surface area contributed by atoms with E-state index < -0.39 is 10.0 Å². The summed E-state index contributed by atoms with van der Waals surface area (Å²) in [6, 6.07) is 13.7. The molecule has 0 heterocycles. The van der Waals surface area contributed by atoms with Crippen LogP contribution in [0.4, 0.5) is 5.69 Å². The fourth-order valence-electron chi connectivity index (χ4n) is 2.20.